The van der Waals surface area contributed by atoms with Gasteiger partial charge in [-0.2, -0.15) is 0 Å². The van der Waals surface area contributed by atoms with Crippen LogP contribution in [-0.4, -0.2) is 35.0 Å². The maximum absolute atomic E-state index is 12.3. The summed E-state index contributed by atoms with van der Waals surface area (Å²) >= 11 is 3.18. The second-order valence-corrected chi connectivity index (χ2v) is 8.55. The topological polar surface area (TPSA) is 97.4 Å². The van der Waals surface area contributed by atoms with Crippen LogP contribution in [0.15, 0.2) is 40.1 Å². The molecule has 0 radical (unpaired) electrons. The number of esters is 1. The first-order valence-electron chi connectivity index (χ1n) is 9.43. The summed E-state index contributed by atoms with van der Waals surface area (Å²) in [5.41, 5.74) is 3.16. The zero-order valence-corrected chi connectivity index (χ0v) is 17.7. The number of ether oxygens (including phenoxy) is 1. The number of carbonyl (C=O) groups excluding carboxylic acids is 3. The highest BCUT2D eigenvalue weighted by Gasteiger charge is 2.23. The van der Waals surface area contributed by atoms with Crippen LogP contribution < -0.4 is 10.6 Å². The van der Waals surface area contributed by atoms with Gasteiger partial charge in [0.05, 0.1) is 16.8 Å². The Kier molecular flexibility index (Phi) is 7.65. The molecule has 0 saturated heterocycles. The Morgan fingerprint density at radius 3 is 2.62 bits per heavy atom. The Labute approximate surface area is 177 Å². The monoisotopic (exact) mass is 433 g/mol. The normalized spacial score (nSPS) is 14.9. The van der Waals surface area contributed by atoms with Crippen LogP contribution in [-0.2, 0) is 15.3 Å². The van der Waals surface area contributed by atoms with Gasteiger partial charge in [0, 0.05) is 22.1 Å². The first-order valence-corrected chi connectivity index (χ1v) is 11.4. The van der Waals surface area contributed by atoms with Crippen LogP contribution in [0.5, 0.6) is 0 Å². The van der Waals surface area contributed by atoms with Gasteiger partial charge in [0.2, 0.25) is 0 Å². The van der Waals surface area contributed by atoms with Gasteiger partial charge in [0.15, 0.2) is 6.10 Å². The van der Waals surface area contributed by atoms with E-state index in [-0.39, 0.29) is 6.04 Å². The first kappa shape index (κ1) is 21.3. The lowest BCUT2D eigenvalue weighted by Gasteiger charge is -2.15. The number of carbonyl (C=O) groups is 3. The third-order valence-electron chi connectivity index (χ3n) is 4.54. The van der Waals surface area contributed by atoms with Crippen molar-refractivity contribution in [3.8, 4) is 0 Å². The Balaban J connectivity index is 1.44. The van der Waals surface area contributed by atoms with Crippen LogP contribution in [0.3, 0.4) is 0 Å². The van der Waals surface area contributed by atoms with Crippen LogP contribution >= 0.6 is 23.1 Å². The number of thioether (sulfide) groups is 1. The van der Waals surface area contributed by atoms with Gasteiger partial charge in [-0.15, -0.1) is 23.1 Å². The smallest absolute Gasteiger partial charge is 0.338 e. The van der Waals surface area contributed by atoms with Crippen molar-refractivity contribution in [1.29, 1.82) is 0 Å². The van der Waals surface area contributed by atoms with Crippen molar-refractivity contribution < 1.29 is 19.1 Å². The highest BCUT2D eigenvalue weighted by molar-refractivity contribution is 7.98. The van der Waals surface area contributed by atoms with Crippen molar-refractivity contribution in [3.63, 3.8) is 0 Å². The fraction of sp³-hybridized carbons (Fsp3) is 0.400. The van der Waals surface area contributed by atoms with E-state index in [1.54, 1.807) is 40.7 Å². The second kappa shape index (κ2) is 10.4. The largest absolute Gasteiger partial charge is 0.449 e. The van der Waals surface area contributed by atoms with E-state index in [1.165, 1.54) is 6.92 Å². The summed E-state index contributed by atoms with van der Waals surface area (Å²) in [5, 5.41) is 6.99. The van der Waals surface area contributed by atoms with Gasteiger partial charge in [-0.25, -0.2) is 14.6 Å². The van der Waals surface area contributed by atoms with E-state index >= 15 is 0 Å². The fourth-order valence-electron chi connectivity index (χ4n) is 2.94. The molecule has 1 saturated carbocycles. The molecule has 1 aliphatic rings. The van der Waals surface area contributed by atoms with Gasteiger partial charge in [0.1, 0.15) is 0 Å². The third kappa shape index (κ3) is 6.57. The molecule has 1 aromatic carbocycles. The number of nitrogens with one attached hydrogen (secondary N) is 2. The Morgan fingerprint density at radius 1 is 1.24 bits per heavy atom. The molecule has 0 bridgehead atoms. The highest BCUT2D eigenvalue weighted by Crippen LogP contribution is 2.23. The average Bonchev–Trinajstić information content (AvgIpc) is 3.40. The number of imide groups is 1. The van der Waals surface area contributed by atoms with Crippen LogP contribution in [0.25, 0.3) is 0 Å². The van der Waals surface area contributed by atoms with Crippen molar-refractivity contribution in [2.45, 2.75) is 55.4 Å². The summed E-state index contributed by atoms with van der Waals surface area (Å²) in [5.74, 6) is -0.503. The lowest BCUT2D eigenvalue weighted by molar-refractivity contribution is -0.127. The molecule has 1 heterocycles. The maximum Gasteiger partial charge on any atom is 0.338 e. The van der Waals surface area contributed by atoms with Crippen molar-refractivity contribution >= 4 is 41.0 Å². The van der Waals surface area contributed by atoms with Gasteiger partial charge in [-0.3, -0.25) is 10.1 Å². The van der Waals surface area contributed by atoms with E-state index < -0.39 is 24.0 Å². The molecule has 1 fully saturated rings. The summed E-state index contributed by atoms with van der Waals surface area (Å²) < 4.78 is 5.18. The number of benzene rings is 1. The molecular weight excluding hydrogens is 410 g/mol. The maximum atomic E-state index is 12.3. The van der Waals surface area contributed by atoms with E-state index in [0.717, 1.165) is 42.0 Å². The number of urea groups is 1. The molecule has 1 aliphatic carbocycles. The number of hydrogen-bond acceptors (Lipinski definition) is 7. The van der Waals surface area contributed by atoms with Crippen molar-refractivity contribution in [3.05, 3.63) is 46.4 Å². The fourth-order valence-corrected chi connectivity index (χ4v) is 4.41. The Bertz CT molecular complexity index is 834. The van der Waals surface area contributed by atoms with Gasteiger partial charge in [0.25, 0.3) is 5.91 Å². The summed E-state index contributed by atoms with van der Waals surface area (Å²) in [7, 11) is 0. The molecule has 1 atom stereocenters. The van der Waals surface area contributed by atoms with E-state index in [9.17, 15) is 14.4 Å². The average molecular weight is 434 g/mol. The van der Waals surface area contributed by atoms with Gasteiger partial charge in [-0.05, 0) is 44.0 Å². The minimum absolute atomic E-state index is 0.104. The minimum Gasteiger partial charge on any atom is -0.449 e. The highest BCUT2D eigenvalue weighted by atomic mass is 32.2. The van der Waals surface area contributed by atoms with Crippen molar-refractivity contribution in [1.82, 2.24) is 15.6 Å². The van der Waals surface area contributed by atoms with E-state index in [1.807, 2.05) is 17.5 Å². The second-order valence-electron chi connectivity index (χ2n) is 6.78. The van der Waals surface area contributed by atoms with Crippen LogP contribution in [0.4, 0.5) is 4.79 Å². The zero-order chi connectivity index (χ0) is 20.6. The predicted octanol–water partition coefficient (Wildman–Crippen LogP) is 3.75. The minimum atomic E-state index is -1.07. The molecule has 3 amide bonds. The molecule has 154 valence electrons. The molecule has 2 N–H and O–H groups in total. The standard InChI is InChI=1S/C20H23N3O4S2/c1-13(18(24)23-20(26)22-15-4-2-3-5-15)27-19(25)14-6-8-17(9-7-14)29-11-16-10-28-12-21-16/h6-10,12-13,15H,2-5,11H2,1H3,(H2,22,23,24,26). The molecule has 0 spiro atoms. The third-order valence-corrected chi connectivity index (χ3v) is 6.22. The molecule has 29 heavy (non-hydrogen) atoms. The lowest BCUT2D eigenvalue weighted by Crippen LogP contribution is -2.47. The number of thiazole rings is 1. The number of hydrogen-bond donors (Lipinski definition) is 2. The Hall–Kier alpha value is -2.39. The number of rotatable bonds is 7. The molecule has 1 unspecified atom stereocenters. The van der Waals surface area contributed by atoms with Gasteiger partial charge < -0.3 is 10.1 Å². The summed E-state index contributed by atoms with van der Waals surface area (Å²) in [6.45, 7) is 1.44. The number of nitrogens with zero attached hydrogens (tertiary/aromatic N) is 1. The number of amides is 3. The number of aromatic nitrogens is 1. The summed E-state index contributed by atoms with van der Waals surface area (Å²) in [4.78, 5) is 41.5. The predicted molar refractivity (Wildman–Crippen MR) is 112 cm³/mol. The lowest BCUT2D eigenvalue weighted by atomic mass is 10.2. The molecule has 9 heteroatoms. The SMILES string of the molecule is CC(OC(=O)c1ccc(SCc2cscn2)cc1)C(=O)NC(=O)NC1CCCC1. The van der Waals surface area contributed by atoms with E-state index in [4.69, 9.17) is 4.74 Å². The van der Waals surface area contributed by atoms with Crippen LogP contribution in [0.1, 0.15) is 48.7 Å². The molecule has 0 aliphatic heterocycles. The first-order chi connectivity index (χ1) is 14.0. The summed E-state index contributed by atoms with van der Waals surface area (Å²) in [6.07, 6.45) is 2.93. The quantitative estimate of drug-likeness (QED) is 0.510. The van der Waals surface area contributed by atoms with Crippen LogP contribution in [0.2, 0.25) is 0 Å². The molecule has 7 nitrogen and oxygen atoms in total. The Morgan fingerprint density at radius 2 is 1.97 bits per heavy atom. The van der Waals surface area contributed by atoms with Gasteiger partial charge >= 0.3 is 12.0 Å². The van der Waals surface area contributed by atoms with Crippen molar-refractivity contribution in [2.75, 3.05) is 0 Å². The molecule has 2 aromatic rings. The van der Waals surface area contributed by atoms with Crippen molar-refractivity contribution in [2.24, 2.45) is 0 Å². The molecule has 1 aromatic heterocycles. The summed E-state index contributed by atoms with van der Waals surface area (Å²) in [6, 6.07) is 6.52. The zero-order valence-electron chi connectivity index (χ0n) is 16.1. The van der Waals surface area contributed by atoms with Crippen LogP contribution in [0, 0.1) is 0 Å². The molecular formula is C20H23N3O4S2. The van der Waals surface area contributed by atoms with Gasteiger partial charge in [-0.1, -0.05) is 12.8 Å². The van der Waals surface area contributed by atoms with E-state index in [0.29, 0.717) is 5.56 Å². The molecule has 3 rings (SSSR count). The van der Waals surface area contributed by atoms with E-state index in [2.05, 4.69) is 15.6 Å².